The molecule has 2 saturated heterocycles. The van der Waals surface area contributed by atoms with Crippen molar-refractivity contribution in [3.8, 4) is 0 Å². The van der Waals surface area contributed by atoms with Gasteiger partial charge in [0.2, 0.25) is 5.91 Å². The predicted molar refractivity (Wildman–Crippen MR) is 104 cm³/mol. The molecule has 8 nitrogen and oxygen atoms in total. The molecule has 0 spiro atoms. The van der Waals surface area contributed by atoms with Gasteiger partial charge in [0, 0.05) is 44.0 Å². The fourth-order valence-corrected chi connectivity index (χ4v) is 3.83. The van der Waals surface area contributed by atoms with Crippen molar-refractivity contribution in [3.05, 3.63) is 64.7 Å². The Labute approximate surface area is 162 Å². The normalized spacial score (nSPS) is 20.6. The lowest BCUT2D eigenvalue weighted by molar-refractivity contribution is -0.384. The molecule has 2 aromatic rings. The van der Waals surface area contributed by atoms with Crippen LogP contribution in [0.4, 0.5) is 17.1 Å². The third-order valence-electron chi connectivity index (χ3n) is 5.32. The quantitative estimate of drug-likeness (QED) is 0.458. The van der Waals surface area contributed by atoms with E-state index in [2.05, 4.69) is 21.9 Å². The van der Waals surface area contributed by atoms with Crippen LogP contribution in [-0.2, 0) is 9.59 Å². The number of anilines is 2. The molecule has 0 N–H and O–H groups in total. The van der Waals surface area contributed by atoms with Gasteiger partial charge in [-0.05, 0) is 24.3 Å². The number of carbonyl (C=O) groups is 2. The summed E-state index contributed by atoms with van der Waals surface area (Å²) in [6.45, 7) is 2.98. The van der Waals surface area contributed by atoms with E-state index in [0.717, 1.165) is 23.7 Å². The third-order valence-corrected chi connectivity index (χ3v) is 5.32. The molecule has 1 unspecified atom stereocenters. The maximum atomic E-state index is 12.9. The smallest absolute Gasteiger partial charge is 0.269 e. The van der Waals surface area contributed by atoms with Gasteiger partial charge in [-0.25, -0.2) is 4.90 Å². The number of para-hydroxylation sites is 1. The summed E-state index contributed by atoms with van der Waals surface area (Å²) < 4.78 is 0. The van der Waals surface area contributed by atoms with Gasteiger partial charge < -0.3 is 4.90 Å². The number of nitro groups is 1. The lowest BCUT2D eigenvalue weighted by Gasteiger charge is -2.38. The summed E-state index contributed by atoms with van der Waals surface area (Å²) in [5.41, 5.74) is 1.46. The molecule has 0 saturated carbocycles. The van der Waals surface area contributed by atoms with Crippen molar-refractivity contribution in [2.24, 2.45) is 0 Å². The monoisotopic (exact) mass is 380 g/mol. The first-order chi connectivity index (χ1) is 13.5. The van der Waals surface area contributed by atoms with Gasteiger partial charge in [0.05, 0.1) is 23.1 Å². The van der Waals surface area contributed by atoms with Crippen LogP contribution in [0.3, 0.4) is 0 Å². The molecule has 2 fully saturated rings. The van der Waals surface area contributed by atoms with E-state index in [4.69, 9.17) is 0 Å². The number of benzene rings is 2. The fourth-order valence-electron chi connectivity index (χ4n) is 3.83. The first-order valence-electron chi connectivity index (χ1n) is 9.20. The third kappa shape index (κ3) is 3.34. The first kappa shape index (κ1) is 18.1. The van der Waals surface area contributed by atoms with Crippen LogP contribution >= 0.6 is 0 Å². The number of hydrogen-bond donors (Lipinski definition) is 0. The number of rotatable bonds is 4. The minimum absolute atomic E-state index is 0.0728. The van der Waals surface area contributed by atoms with Crippen LogP contribution in [0.15, 0.2) is 54.6 Å². The molecule has 1 atom stereocenters. The molecule has 144 valence electrons. The molecule has 0 aromatic heterocycles. The number of hydrogen-bond acceptors (Lipinski definition) is 6. The topological polar surface area (TPSA) is 87.0 Å². The Morgan fingerprint density at radius 1 is 0.857 bits per heavy atom. The largest absolute Gasteiger partial charge is 0.369 e. The number of nitrogens with zero attached hydrogens (tertiary/aromatic N) is 4. The fraction of sp³-hybridized carbons (Fsp3) is 0.300. The zero-order chi connectivity index (χ0) is 19.7. The number of non-ortho nitro benzene ring substituents is 1. The highest BCUT2D eigenvalue weighted by molar-refractivity contribution is 6.22. The number of carbonyl (C=O) groups excluding carboxylic acids is 2. The van der Waals surface area contributed by atoms with Crippen molar-refractivity contribution in [2.45, 2.75) is 12.5 Å². The molecule has 2 aromatic carbocycles. The van der Waals surface area contributed by atoms with Gasteiger partial charge in [0.25, 0.3) is 11.6 Å². The second-order valence-electron chi connectivity index (χ2n) is 6.92. The molecule has 0 aliphatic carbocycles. The number of amides is 2. The van der Waals surface area contributed by atoms with Gasteiger partial charge in [-0.1, -0.05) is 18.2 Å². The van der Waals surface area contributed by atoms with Crippen molar-refractivity contribution in [1.29, 1.82) is 0 Å². The molecule has 4 rings (SSSR count). The van der Waals surface area contributed by atoms with E-state index in [0.29, 0.717) is 18.8 Å². The highest BCUT2D eigenvalue weighted by Crippen LogP contribution is 2.28. The van der Waals surface area contributed by atoms with Gasteiger partial charge in [0.1, 0.15) is 0 Å². The number of piperazine rings is 1. The van der Waals surface area contributed by atoms with Gasteiger partial charge in [-0.3, -0.25) is 24.6 Å². The first-order valence-corrected chi connectivity index (χ1v) is 9.20. The molecule has 2 amide bonds. The molecule has 2 heterocycles. The Kier molecular flexibility index (Phi) is 4.79. The van der Waals surface area contributed by atoms with E-state index in [-0.39, 0.29) is 23.9 Å². The minimum atomic E-state index is -0.508. The van der Waals surface area contributed by atoms with Crippen LogP contribution in [0.5, 0.6) is 0 Å². The molecule has 2 aliphatic rings. The lowest BCUT2D eigenvalue weighted by atomic mass is 10.1. The Bertz CT molecular complexity index is 892. The van der Waals surface area contributed by atoms with Crippen LogP contribution in [0.1, 0.15) is 6.42 Å². The van der Waals surface area contributed by atoms with Crippen molar-refractivity contribution < 1.29 is 14.5 Å². The van der Waals surface area contributed by atoms with Crippen molar-refractivity contribution in [3.63, 3.8) is 0 Å². The van der Waals surface area contributed by atoms with Crippen molar-refractivity contribution in [2.75, 3.05) is 36.0 Å². The summed E-state index contributed by atoms with van der Waals surface area (Å²) in [6, 6.07) is 15.2. The van der Waals surface area contributed by atoms with Crippen molar-refractivity contribution in [1.82, 2.24) is 4.90 Å². The molecule has 8 heteroatoms. The molecular formula is C20H20N4O4. The highest BCUT2D eigenvalue weighted by Gasteiger charge is 2.43. The van der Waals surface area contributed by atoms with Crippen molar-refractivity contribution >= 4 is 28.9 Å². The Morgan fingerprint density at radius 2 is 1.50 bits per heavy atom. The van der Waals surface area contributed by atoms with Crippen LogP contribution < -0.4 is 9.80 Å². The maximum absolute atomic E-state index is 12.9. The summed E-state index contributed by atoms with van der Waals surface area (Å²) in [6.07, 6.45) is 0.140. The van der Waals surface area contributed by atoms with E-state index in [9.17, 15) is 19.7 Å². The lowest BCUT2D eigenvalue weighted by Crippen LogP contribution is -2.52. The van der Waals surface area contributed by atoms with E-state index in [1.165, 1.54) is 24.3 Å². The zero-order valence-corrected chi connectivity index (χ0v) is 15.2. The average molecular weight is 380 g/mol. The van der Waals surface area contributed by atoms with Crippen LogP contribution in [0.25, 0.3) is 0 Å². The van der Waals surface area contributed by atoms with Crippen LogP contribution in [0, 0.1) is 10.1 Å². The molecule has 0 radical (unpaired) electrons. The highest BCUT2D eigenvalue weighted by atomic mass is 16.6. The van der Waals surface area contributed by atoms with Crippen LogP contribution in [-0.4, -0.2) is 53.9 Å². The molecule has 2 aliphatic heterocycles. The molecular weight excluding hydrogens is 360 g/mol. The van der Waals surface area contributed by atoms with E-state index in [1.54, 1.807) is 0 Å². The summed E-state index contributed by atoms with van der Waals surface area (Å²) in [7, 11) is 0. The summed E-state index contributed by atoms with van der Waals surface area (Å²) in [5, 5.41) is 10.8. The molecule has 0 bridgehead atoms. The second kappa shape index (κ2) is 7.40. The van der Waals surface area contributed by atoms with Gasteiger partial charge in [-0.15, -0.1) is 0 Å². The second-order valence-corrected chi connectivity index (χ2v) is 6.92. The summed E-state index contributed by atoms with van der Waals surface area (Å²) >= 11 is 0. The minimum Gasteiger partial charge on any atom is -0.369 e. The number of nitro benzene ring substituents is 1. The van der Waals surface area contributed by atoms with E-state index >= 15 is 0 Å². The SMILES string of the molecule is O=C1CC(N2CCN(c3ccccc3)CC2)C(=O)N1c1ccc([N+](=O)[O-])cc1. The molecule has 28 heavy (non-hydrogen) atoms. The van der Waals surface area contributed by atoms with Gasteiger partial charge >= 0.3 is 0 Å². The standard InChI is InChI=1S/C20H20N4O4/c25-19-14-18(20(26)23(19)16-6-8-17(9-7-16)24(27)28)22-12-10-21(11-13-22)15-4-2-1-3-5-15/h1-9,18H,10-14H2. The zero-order valence-electron chi connectivity index (χ0n) is 15.2. The summed E-state index contributed by atoms with van der Waals surface area (Å²) in [4.78, 5) is 41.1. The summed E-state index contributed by atoms with van der Waals surface area (Å²) in [5.74, 6) is -0.527. The van der Waals surface area contributed by atoms with E-state index in [1.807, 2.05) is 18.2 Å². The van der Waals surface area contributed by atoms with Gasteiger partial charge in [-0.2, -0.15) is 0 Å². The predicted octanol–water partition coefficient (Wildman–Crippen LogP) is 2.05. The Hall–Kier alpha value is -3.26. The van der Waals surface area contributed by atoms with Gasteiger partial charge in [0.15, 0.2) is 0 Å². The maximum Gasteiger partial charge on any atom is 0.269 e. The number of imide groups is 1. The average Bonchev–Trinajstić information content (AvgIpc) is 3.03. The van der Waals surface area contributed by atoms with E-state index < -0.39 is 11.0 Å². The van der Waals surface area contributed by atoms with Crippen LogP contribution in [0.2, 0.25) is 0 Å². The Morgan fingerprint density at radius 3 is 2.11 bits per heavy atom. The Balaban J connectivity index is 1.44.